The number of benzene rings is 2. The van der Waals surface area contributed by atoms with Crippen LogP contribution in [0, 0.1) is 12.7 Å². The SMILES string of the molecule is CCNC(=NCc1ccc(C)c(F)c1)NCc1ccc(S(=O)(=O)NC2CC2)cc1.I. The fraction of sp³-hybridized carbons (Fsp3) is 0.381. The summed E-state index contributed by atoms with van der Waals surface area (Å²) in [7, 11) is -3.44. The number of aryl methyl sites for hydroxylation is 1. The zero-order valence-electron chi connectivity index (χ0n) is 17.1. The second-order valence-electron chi connectivity index (χ2n) is 7.17. The third-order valence-electron chi connectivity index (χ3n) is 4.59. The minimum absolute atomic E-state index is 0. The molecule has 0 unspecified atom stereocenters. The zero-order valence-corrected chi connectivity index (χ0v) is 20.3. The van der Waals surface area contributed by atoms with Crippen molar-refractivity contribution >= 4 is 40.0 Å². The van der Waals surface area contributed by atoms with Gasteiger partial charge in [0, 0.05) is 19.1 Å². The first-order valence-corrected chi connectivity index (χ1v) is 11.2. The second kappa shape index (κ2) is 11.1. The first-order valence-electron chi connectivity index (χ1n) is 9.76. The van der Waals surface area contributed by atoms with E-state index in [1.54, 1.807) is 37.3 Å². The molecule has 6 nitrogen and oxygen atoms in total. The Morgan fingerprint density at radius 1 is 1.10 bits per heavy atom. The van der Waals surface area contributed by atoms with Crippen molar-refractivity contribution in [3.8, 4) is 0 Å². The average Bonchev–Trinajstić information content (AvgIpc) is 3.50. The maximum absolute atomic E-state index is 13.7. The van der Waals surface area contributed by atoms with Gasteiger partial charge in [0.05, 0.1) is 11.4 Å². The van der Waals surface area contributed by atoms with E-state index in [-0.39, 0.29) is 40.7 Å². The highest BCUT2D eigenvalue weighted by Crippen LogP contribution is 2.22. The molecule has 0 bridgehead atoms. The van der Waals surface area contributed by atoms with E-state index >= 15 is 0 Å². The zero-order chi connectivity index (χ0) is 20.9. The summed E-state index contributed by atoms with van der Waals surface area (Å²) in [4.78, 5) is 4.76. The van der Waals surface area contributed by atoms with Crippen molar-refractivity contribution < 1.29 is 12.8 Å². The highest BCUT2D eigenvalue weighted by Gasteiger charge is 2.27. The maximum atomic E-state index is 13.7. The molecule has 0 radical (unpaired) electrons. The lowest BCUT2D eigenvalue weighted by molar-refractivity contribution is 0.581. The summed E-state index contributed by atoms with van der Waals surface area (Å²) in [6.45, 7) is 5.24. The molecule has 3 N–H and O–H groups in total. The lowest BCUT2D eigenvalue weighted by Crippen LogP contribution is -2.36. The van der Waals surface area contributed by atoms with Gasteiger partial charge in [-0.2, -0.15) is 0 Å². The van der Waals surface area contributed by atoms with Crippen molar-refractivity contribution in [1.29, 1.82) is 0 Å². The fourth-order valence-electron chi connectivity index (χ4n) is 2.71. The summed E-state index contributed by atoms with van der Waals surface area (Å²) in [6, 6.07) is 12.0. The van der Waals surface area contributed by atoms with E-state index in [1.165, 1.54) is 6.07 Å². The molecular weight excluding hydrogens is 518 g/mol. The number of hydrogen-bond acceptors (Lipinski definition) is 3. The van der Waals surface area contributed by atoms with Gasteiger partial charge in [-0.3, -0.25) is 0 Å². The van der Waals surface area contributed by atoms with E-state index in [9.17, 15) is 12.8 Å². The second-order valence-corrected chi connectivity index (χ2v) is 8.89. The fourth-order valence-corrected chi connectivity index (χ4v) is 4.01. The van der Waals surface area contributed by atoms with Gasteiger partial charge in [-0.15, -0.1) is 24.0 Å². The van der Waals surface area contributed by atoms with Crippen LogP contribution < -0.4 is 15.4 Å². The van der Waals surface area contributed by atoms with Crippen molar-refractivity contribution in [2.24, 2.45) is 4.99 Å². The molecule has 164 valence electrons. The molecule has 9 heteroatoms. The molecular formula is C21H28FIN4O2S. The third kappa shape index (κ3) is 7.21. The molecule has 1 saturated carbocycles. The van der Waals surface area contributed by atoms with Gasteiger partial charge in [-0.05, 0) is 61.6 Å². The Balaban J connectivity index is 0.00000320. The van der Waals surface area contributed by atoms with Gasteiger partial charge < -0.3 is 10.6 Å². The summed E-state index contributed by atoms with van der Waals surface area (Å²) in [5.74, 6) is 0.377. The highest BCUT2D eigenvalue weighted by molar-refractivity contribution is 14.0. The lowest BCUT2D eigenvalue weighted by atomic mass is 10.1. The largest absolute Gasteiger partial charge is 0.357 e. The molecule has 0 spiro atoms. The number of nitrogens with one attached hydrogen (secondary N) is 3. The van der Waals surface area contributed by atoms with Crippen LogP contribution in [-0.2, 0) is 23.1 Å². The standard InChI is InChI=1S/C21H27FN4O2S.HI/c1-3-23-21(25-14-17-5-4-15(2)20(22)12-17)24-13-16-6-10-19(11-7-16)29(27,28)26-18-8-9-18;/h4-7,10-12,18,26H,3,8-9,13-14H2,1-2H3,(H2,23,24,25);1H. The van der Waals surface area contributed by atoms with Gasteiger partial charge in [-0.25, -0.2) is 22.5 Å². The van der Waals surface area contributed by atoms with Crippen molar-refractivity contribution in [3.05, 3.63) is 65.0 Å². The molecule has 1 aliphatic rings. The summed E-state index contributed by atoms with van der Waals surface area (Å²) in [5, 5.41) is 6.37. The molecule has 0 aromatic heterocycles. The summed E-state index contributed by atoms with van der Waals surface area (Å²) in [6.07, 6.45) is 1.81. The number of rotatable bonds is 8. The molecule has 0 saturated heterocycles. The smallest absolute Gasteiger partial charge is 0.240 e. The van der Waals surface area contributed by atoms with E-state index in [0.717, 1.165) is 24.0 Å². The van der Waals surface area contributed by atoms with Crippen LogP contribution in [0.4, 0.5) is 4.39 Å². The summed E-state index contributed by atoms with van der Waals surface area (Å²) in [5.41, 5.74) is 2.34. The number of halogens is 2. The molecule has 1 fully saturated rings. The van der Waals surface area contributed by atoms with Crippen molar-refractivity contribution in [1.82, 2.24) is 15.4 Å². The van der Waals surface area contributed by atoms with Crippen LogP contribution in [-0.4, -0.2) is 27.0 Å². The normalized spacial score (nSPS) is 14.2. The topological polar surface area (TPSA) is 82.6 Å². The van der Waals surface area contributed by atoms with Gasteiger partial charge in [0.1, 0.15) is 5.82 Å². The Morgan fingerprint density at radius 3 is 2.37 bits per heavy atom. The molecule has 30 heavy (non-hydrogen) atoms. The van der Waals surface area contributed by atoms with E-state index in [1.807, 2.05) is 13.0 Å². The van der Waals surface area contributed by atoms with Crippen molar-refractivity contribution in [3.63, 3.8) is 0 Å². The van der Waals surface area contributed by atoms with Crippen LogP contribution in [0.25, 0.3) is 0 Å². The predicted molar refractivity (Wildman–Crippen MR) is 128 cm³/mol. The van der Waals surface area contributed by atoms with Crippen LogP contribution in [0.1, 0.15) is 36.5 Å². The minimum Gasteiger partial charge on any atom is -0.357 e. The predicted octanol–water partition coefficient (Wildman–Crippen LogP) is 3.45. The van der Waals surface area contributed by atoms with E-state index < -0.39 is 10.0 Å². The Hall–Kier alpha value is -1.72. The molecule has 0 aliphatic heterocycles. The number of guanidine groups is 1. The van der Waals surface area contributed by atoms with Crippen LogP contribution in [0.2, 0.25) is 0 Å². The molecule has 0 heterocycles. The van der Waals surface area contributed by atoms with Gasteiger partial charge in [0.2, 0.25) is 10.0 Å². The van der Waals surface area contributed by atoms with Gasteiger partial charge in [0.15, 0.2) is 5.96 Å². The van der Waals surface area contributed by atoms with E-state index in [2.05, 4.69) is 20.3 Å². The Bertz CT molecular complexity index is 977. The summed E-state index contributed by atoms with van der Waals surface area (Å²) < 4.78 is 40.8. The molecule has 2 aromatic carbocycles. The first kappa shape index (κ1) is 24.5. The Morgan fingerprint density at radius 2 is 1.77 bits per heavy atom. The number of sulfonamides is 1. The van der Waals surface area contributed by atoms with Crippen molar-refractivity contribution in [2.75, 3.05) is 6.54 Å². The average molecular weight is 546 g/mol. The number of aliphatic imine (C=N–C) groups is 1. The minimum atomic E-state index is -3.44. The van der Waals surface area contributed by atoms with Crippen LogP contribution in [0.5, 0.6) is 0 Å². The maximum Gasteiger partial charge on any atom is 0.240 e. The summed E-state index contributed by atoms with van der Waals surface area (Å²) >= 11 is 0. The lowest BCUT2D eigenvalue weighted by Gasteiger charge is -2.12. The molecule has 0 atom stereocenters. The molecule has 1 aliphatic carbocycles. The van der Waals surface area contributed by atoms with E-state index in [4.69, 9.17) is 0 Å². The van der Waals surface area contributed by atoms with Crippen LogP contribution in [0.3, 0.4) is 0 Å². The Kier molecular flexibility index (Phi) is 9.05. The van der Waals surface area contributed by atoms with Crippen LogP contribution in [0.15, 0.2) is 52.4 Å². The quantitative estimate of drug-likeness (QED) is 0.269. The van der Waals surface area contributed by atoms with Gasteiger partial charge in [0.25, 0.3) is 0 Å². The molecule has 2 aromatic rings. The first-order chi connectivity index (χ1) is 13.9. The van der Waals surface area contributed by atoms with Crippen molar-refractivity contribution in [2.45, 2.75) is 50.7 Å². The van der Waals surface area contributed by atoms with Gasteiger partial charge >= 0.3 is 0 Å². The highest BCUT2D eigenvalue weighted by atomic mass is 127. The monoisotopic (exact) mass is 546 g/mol. The Labute approximate surface area is 194 Å². The molecule has 0 amide bonds. The molecule has 3 rings (SSSR count). The number of nitrogens with zero attached hydrogens (tertiary/aromatic N) is 1. The van der Waals surface area contributed by atoms with Crippen LogP contribution >= 0.6 is 24.0 Å². The third-order valence-corrected chi connectivity index (χ3v) is 6.13. The van der Waals surface area contributed by atoms with Gasteiger partial charge in [-0.1, -0.05) is 24.3 Å². The van der Waals surface area contributed by atoms with E-state index in [0.29, 0.717) is 31.2 Å². The number of hydrogen-bond donors (Lipinski definition) is 3.